The molecule has 1 aromatic rings. The fourth-order valence-corrected chi connectivity index (χ4v) is 1.72. The van der Waals surface area contributed by atoms with E-state index >= 15 is 0 Å². The van der Waals surface area contributed by atoms with E-state index in [4.69, 9.17) is 0 Å². The highest BCUT2D eigenvalue weighted by atomic mass is 19.3. The fourth-order valence-electron chi connectivity index (χ4n) is 1.72. The number of nitrogens with one attached hydrogen (secondary N) is 2. The molecule has 0 radical (unpaired) electrons. The lowest BCUT2D eigenvalue weighted by Crippen LogP contribution is -2.27. The zero-order valence-corrected chi connectivity index (χ0v) is 11.2. The molecule has 0 saturated carbocycles. The van der Waals surface area contributed by atoms with Crippen molar-refractivity contribution >= 4 is 11.6 Å². The van der Waals surface area contributed by atoms with Crippen LogP contribution in [0.2, 0.25) is 0 Å². The second-order valence-electron chi connectivity index (χ2n) is 4.74. The minimum absolute atomic E-state index is 0.0468. The van der Waals surface area contributed by atoms with Gasteiger partial charge in [-0.3, -0.25) is 4.79 Å². The van der Waals surface area contributed by atoms with Crippen LogP contribution in [-0.2, 0) is 4.79 Å². The number of alkyl halides is 2. The molecule has 20 heavy (non-hydrogen) atoms. The second-order valence-corrected chi connectivity index (χ2v) is 4.74. The third-order valence-corrected chi connectivity index (χ3v) is 2.59. The first kappa shape index (κ1) is 14.5. The Morgan fingerprint density at radius 2 is 2.00 bits per heavy atom. The fraction of sp³-hybridized carbons (Fsp3) is 0.462. The summed E-state index contributed by atoms with van der Waals surface area (Å²) < 4.78 is 34.2. The molecular weight excluding hydrogens is 270 g/mol. The van der Waals surface area contributed by atoms with Crippen molar-refractivity contribution in [3.63, 3.8) is 0 Å². The molecular formula is C13H16F2N2O3. The van der Waals surface area contributed by atoms with Gasteiger partial charge in [-0.05, 0) is 12.1 Å². The lowest BCUT2D eigenvalue weighted by atomic mass is 10.2. The first-order valence-corrected chi connectivity index (χ1v) is 6.29. The smallest absolute Gasteiger partial charge is 0.395 e. The predicted molar refractivity (Wildman–Crippen MR) is 69.0 cm³/mol. The highest BCUT2D eigenvalue weighted by Crippen LogP contribution is 2.42. The molecule has 1 amide bonds. The van der Waals surface area contributed by atoms with Crippen molar-refractivity contribution in [1.82, 2.24) is 5.32 Å². The summed E-state index contributed by atoms with van der Waals surface area (Å²) in [6.07, 6.45) is -3.35. The Hall–Kier alpha value is -1.89. The van der Waals surface area contributed by atoms with E-state index < -0.39 is 6.29 Å². The Balaban J connectivity index is 1.90. The average Bonchev–Trinajstić information content (AvgIpc) is 2.61. The Morgan fingerprint density at radius 1 is 1.30 bits per heavy atom. The maximum atomic E-state index is 12.8. The summed E-state index contributed by atoms with van der Waals surface area (Å²) in [6.45, 7) is 4.51. The van der Waals surface area contributed by atoms with Crippen LogP contribution in [0.1, 0.15) is 20.3 Å². The van der Waals surface area contributed by atoms with E-state index in [1.165, 1.54) is 18.2 Å². The highest BCUT2D eigenvalue weighted by Gasteiger charge is 2.43. The Bertz CT molecular complexity index is 506. The van der Waals surface area contributed by atoms with Crippen LogP contribution in [0.25, 0.3) is 0 Å². The number of carbonyl (C=O) groups excluding carboxylic acids is 1. The van der Waals surface area contributed by atoms with Crippen LogP contribution in [0.3, 0.4) is 0 Å². The lowest BCUT2D eigenvalue weighted by Gasteiger charge is -2.08. The molecule has 0 bridgehead atoms. The Kier molecular flexibility index (Phi) is 4.08. The van der Waals surface area contributed by atoms with Gasteiger partial charge in [0.1, 0.15) is 0 Å². The Morgan fingerprint density at radius 3 is 2.70 bits per heavy atom. The van der Waals surface area contributed by atoms with Gasteiger partial charge in [0.25, 0.3) is 0 Å². The second kappa shape index (κ2) is 5.62. The quantitative estimate of drug-likeness (QED) is 0.872. The highest BCUT2D eigenvalue weighted by molar-refractivity contribution is 5.91. The van der Waals surface area contributed by atoms with Gasteiger partial charge in [0.2, 0.25) is 5.91 Å². The zero-order valence-electron chi connectivity index (χ0n) is 11.2. The lowest BCUT2D eigenvalue weighted by molar-refractivity contribution is -0.286. The van der Waals surface area contributed by atoms with Crippen molar-refractivity contribution in [2.24, 2.45) is 0 Å². The maximum absolute atomic E-state index is 12.8. The molecule has 2 rings (SSSR count). The summed E-state index contributed by atoms with van der Waals surface area (Å²) in [5.74, 6) is -0.341. The van der Waals surface area contributed by atoms with Gasteiger partial charge < -0.3 is 20.1 Å². The standard InChI is InChI=1S/C13H16F2N2O3/c1-8(2)16-6-5-12(18)17-9-3-4-10-11(7-9)20-13(14,15)19-10/h3-4,7-8,16H,5-6H2,1-2H3,(H,17,18). The van der Waals surface area contributed by atoms with E-state index in [0.717, 1.165) is 0 Å². The number of amides is 1. The SMILES string of the molecule is CC(C)NCCC(=O)Nc1ccc2c(c1)OC(F)(F)O2. The van der Waals surface area contributed by atoms with E-state index in [2.05, 4.69) is 20.1 Å². The van der Waals surface area contributed by atoms with Crippen LogP contribution in [0, 0.1) is 0 Å². The third kappa shape index (κ3) is 3.80. The van der Waals surface area contributed by atoms with E-state index in [-0.39, 0.29) is 17.4 Å². The first-order chi connectivity index (χ1) is 9.35. The zero-order chi connectivity index (χ0) is 14.8. The van der Waals surface area contributed by atoms with E-state index in [1.54, 1.807) is 0 Å². The van der Waals surface area contributed by atoms with Crippen LogP contribution >= 0.6 is 0 Å². The number of rotatable bonds is 5. The number of ether oxygens (including phenoxy) is 2. The summed E-state index contributed by atoms with van der Waals surface area (Å²) in [7, 11) is 0. The maximum Gasteiger partial charge on any atom is 0.586 e. The van der Waals surface area contributed by atoms with Gasteiger partial charge in [-0.25, -0.2) is 0 Å². The number of hydrogen-bond donors (Lipinski definition) is 2. The van der Waals surface area contributed by atoms with Crippen molar-refractivity contribution in [3.8, 4) is 11.5 Å². The van der Waals surface area contributed by atoms with Gasteiger partial charge in [0.05, 0.1) is 0 Å². The number of anilines is 1. The van der Waals surface area contributed by atoms with Crippen LogP contribution in [0.15, 0.2) is 18.2 Å². The van der Waals surface area contributed by atoms with E-state index in [9.17, 15) is 13.6 Å². The molecule has 0 atom stereocenters. The summed E-state index contributed by atoms with van der Waals surface area (Å²) >= 11 is 0. The average molecular weight is 286 g/mol. The molecule has 0 spiro atoms. The molecule has 0 aliphatic carbocycles. The summed E-state index contributed by atoms with van der Waals surface area (Å²) in [5, 5.41) is 5.72. The summed E-state index contributed by atoms with van der Waals surface area (Å²) in [6, 6.07) is 4.43. The van der Waals surface area contributed by atoms with E-state index in [0.29, 0.717) is 24.7 Å². The first-order valence-electron chi connectivity index (χ1n) is 6.29. The normalized spacial score (nSPS) is 15.4. The van der Waals surface area contributed by atoms with Crippen LogP contribution in [-0.4, -0.2) is 24.8 Å². The van der Waals surface area contributed by atoms with Crippen LogP contribution < -0.4 is 20.1 Å². The number of hydrogen-bond acceptors (Lipinski definition) is 4. The molecule has 2 N–H and O–H groups in total. The van der Waals surface area contributed by atoms with Gasteiger partial charge in [-0.1, -0.05) is 13.8 Å². The number of halogens is 2. The molecule has 1 aliphatic rings. The largest absolute Gasteiger partial charge is 0.586 e. The van der Waals surface area contributed by atoms with Crippen LogP contribution in [0.4, 0.5) is 14.5 Å². The van der Waals surface area contributed by atoms with Crippen molar-refractivity contribution < 1.29 is 23.0 Å². The minimum atomic E-state index is -3.65. The number of carbonyl (C=O) groups is 1. The molecule has 7 heteroatoms. The number of benzene rings is 1. The van der Waals surface area contributed by atoms with Crippen LogP contribution in [0.5, 0.6) is 11.5 Å². The predicted octanol–water partition coefficient (Wildman–Crippen LogP) is 2.33. The molecule has 0 unspecified atom stereocenters. The van der Waals surface area contributed by atoms with Crippen molar-refractivity contribution in [1.29, 1.82) is 0 Å². The monoisotopic (exact) mass is 286 g/mol. The van der Waals surface area contributed by atoms with Gasteiger partial charge in [0, 0.05) is 30.8 Å². The van der Waals surface area contributed by atoms with E-state index in [1.807, 2.05) is 13.8 Å². The third-order valence-electron chi connectivity index (χ3n) is 2.59. The topological polar surface area (TPSA) is 59.6 Å². The summed E-state index contributed by atoms with van der Waals surface area (Å²) in [5.41, 5.74) is 0.389. The molecule has 1 heterocycles. The van der Waals surface area contributed by atoms with Gasteiger partial charge in [0.15, 0.2) is 11.5 Å². The van der Waals surface area contributed by atoms with Gasteiger partial charge >= 0.3 is 6.29 Å². The van der Waals surface area contributed by atoms with Crippen molar-refractivity contribution in [2.75, 3.05) is 11.9 Å². The molecule has 0 saturated heterocycles. The minimum Gasteiger partial charge on any atom is -0.395 e. The molecule has 0 fully saturated rings. The molecule has 1 aromatic carbocycles. The van der Waals surface area contributed by atoms with Crippen molar-refractivity contribution in [3.05, 3.63) is 18.2 Å². The van der Waals surface area contributed by atoms with Gasteiger partial charge in [-0.2, -0.15) is 0 Å². The van der Waals surface area contributed by atoms with Crippen molar-refractivity contribution in [2.45, 2.75) is 32.6 Å². The number of fused-ring (bicyclic) bond motifs is 1. The molecule has 1 aliphatic heterocycles. The summed E-state index contributed by atoms with van der Waals surface area (Å²) in [4.78, 5) is 11.7. The van der Waals surface area contributed by atoms with Gasteiger partial charge in [-0.15, -0.1) is 8.78 Å². The molecule has 0 aromatic heterocycles. The molecule has 5 nitrogen and oxygen atoms in total. The molecule has 110 valence electrons. The Labute approximate surface area is 115 Å².